The van der Waals surface area contributed by atoms with E-state index >= 15 is 0 Å². The molecular weight excluding hydrogens is 331 g/mol. The number of nitrogens with one attached hydrogen (secondary N) is 1. The summed E-state index contributed by atoms with van der Waals surface area (Å²) < 4.78 is 24.7. The fourth-order valence-electron chi connectivity index (χ4n) is 3.41. The van der Waals surface area contributed by atoms with Crippen LogP contribution < -0.4 is 14.8 Å². The highest BCUT2D eigenvalue weighted by molar-refractivity contribution is 5.44. The molecule has 0 aromatic heterocycles. The molecule has 1 N–H and O–H groups in total. The van der Waals surface area contributed by atoms with Gasteiger partial charge in [0.25, 0.3) is 0 Å². The van der Waals surface area contributed by atoms with Gasteiger partial charge in [-0.25, -0.2) is 0 Å². The van der Waals surface area contributed by atoms with Gasteiger partial charge in [0.05, 0.1) is 13.8 Å². The molecule has 0 amide bonds. The van der Waals surface area contributed by atoms with Crippen LogP contribution in [-0.2, 0) is 6.61 Å². The van der Waals surface area contributed by atoms with Crippen LogP contribution in [0.1, 0.15) is 23.6 Å². The number of rotatable bonds is 8. The second-order valence-electron chi connectivity index (χ2n) is 6.46. The third-order valence-electron chi connectivity index (χ3n) is 4.78. The molecule has 3 rings (SSSR count). The van der Waals surface area contributed by atoms with Crippen molar-refractivity contribution < 1.29 is 13.9 Å². The van der Waals surface area contributed by atoms with E-state index < -0.39 is 0 Å². The first-order chi connectivity index (χ1) is 12.8. The standard InChI is InChI=1S/C21H27FN2O2/c1-25-20-8-7-18(19(9-10-22)24-13-11-23-12-14-24)15-21(20)26-16-17-5-3-2-4-6-17/h2-8,15,19,23H,9-14,16H2,1H3/t19-/m1/s1. The van der Waals surface area contributed by atoms with Crippen molar-refractivity contribution in [3.63, 3.8) is 0 Å². The van der Waals surface area contributed by atoms with E-state index in [0.717, 1.165) is 37.3 Å². The Bertz CT molecular complexity index is 675. The Hall–Kier alpha value is -2.11. The molecule has 4 nitrogen and oxygen atoms in total. The van der Waals surface area contributed by atoms with Gasteiger partial charge in [0.15, 0.2) is 11.5 Å². The highest BCUT2D eigenvalue weighted by Gasteiger charge is 2.23. The van der Waals surface area contributed by atoms with Crippen LogP contribution in [0.5, 0.6) is 11.5 Å². The monoisotopic (exact) mass is 358 g/mol. The lowest BCUT2D eigenvalue weighted by Gasteiger charge is -2.35. The van der Waals surface area contributed by atoms with Crippen molar-refractivity contribution in [1.29, 1.82) is 0 Å². The maximum Gasteiger partial charge on any atom is 0.161 e. The Morgan fingerprint density at radius 3 is 2.54 bits per heavy atom. The van der Waals surface area contributed by atoms with E-state index in [-0.39, 0.29) is 12.7 Å². The maximum absolute atomic E-state index is 13.2. The summed E-state index contributed by atoms with van der Waals surface area (Å²) in [7, 11) is 1.64. The van der Waals surface area contributed by atoms with Crippen LogP contribution in [0.25, 0.3) is 0 Å². The van der Waals surface area contributed by atoms with Crippen LogP contribution in [0.15, 0.2) is 48.5 Å². The van der Waals surface area contributed by atoms with Crippen LogP contribution in [-0.4, -0.2) is 44.9 Å². The van der Waals surface area contributed by atoms with E-state index in [1.54, 1.807) is 7.11 Å². The third kappa shape index (κ3) is 4.74. The molecule has 140 valence electrons. The maximum atomic E-state index is 13.2. The van der Waals surface area contributed by atoms with E-state index in [1.165, 1.54) is 0 Å². The van der Waals surface area contributed by atoms with Crippen molar-refractivity contribution in [3.05, 3.63) is 59.7 Å². The summed E-state index contributed by atoms with van der Waals surface area (Å²) in [6, 6.07) is 16.0. The Morgan fingerprint density at radius 1 is 1.08 bits per heavy atom. The lowest BCUT2D eigenvalue weighted by Crippen LogP contribution is -2.45. The summed E-state index contributed by atoms with van der Waals surface area (Å²) >= 11 is 0. The summed E-state index contributed by atoms with van der Waals surface area (Å²) in [5.41, 5.74) is 2.18. The van der Waals surface area contributed by atoms with Gasteiger partial charge in [-0.2, -0.15) is 0 Å². The normalized spacial score (nSPS) is 16.2. The molecular formula is C21H27FN2O2. The fraction of sp³-hybridized carbons (Fsp3) is 0.429. The summed E-state index contributed by atoms with van der Waals surface area (Å²) in [5.74, 6) is 1.40. The second-order valence-corrected chi connectivity index (χ2v) is 6.46. The molecule has 1 aliphatic heterocycles. The molecule has 1 fully saturated rings. The number of hydrogen-bond donors (Lipinski definition) is 1. The van der Waals surface area contributed by atoms with E-state index in [4.69, 9.17) is 9.47 Å². The number of halogens is 1. The molecule has 1 heterocycles. The molecule has 0 unspecified atom stereocenters. The lowest BCUT2D eigenvalue weighted by atomic mass is 10.0. The number of piperazine rings is 1. The molecule has 1 saturated heterocycles. The lowest BCUT2D eigenvalue weighted by molar-refractivity contribution is 0.157. The molecule has 1 atom stereocenters. The van der Waals surface area contributed by atoms with Gasteiger partial charge < -0.3 is 14.8 Å². The number of alkyl halides is 1. The Kier molecular flexibility index (Phi) is 6.86. The highest BCUT2D eigenvalue weighted by atomic mass is 19.1. The summed E-state index contributed by atoms with van der Waals surface area (Å²) in [4.78, 5) is 2.35. The molecule has 2 aromatic carbocycles. The van der Waals surface area contributed by atoms with E-state index in [2.05, 4.69) is 10.2 Å². The third-order valence-corrected chi connectivity index (χ3v) is 4.78. The first kappa shape index (κ1) is 18.7. The van der Waals surface area contributed by atoms with Crippen molar-refractivity contribution in [1.82, 2.24) is 10.2 Å². The zero-order valence-electron chi connectivity index (χ0n) is 15.3. The first-order valence-electron chi connectivity index (χ1n) is 9.17. The van der Waals surface area contributed by atoms with Gasteiger partial charge >= 0.3 is 0 Å². The highest BCUT2D eigenvalue weighted by Crippen LogP contribution is 2.34. The molecule has 0 bridgehead atoms. The Labute approximate surface area is 154 Å². The number of nitrogens with zero attached hydrogens (tertiary/aromatic N) is 1. The number of hydrogen-bond acceptors (Lipinski definition) is 4. The minimum atomic E-state index is -0.333. The molecule has 5 heteroatoms. The zero-order valence-corrected chi connectivity index (χ0v) is 15.3. The van der Waals surface area contributed by atoms with Crippen LogP contribution >= 0.6 is 0 Å². The molecule has 0 saturated carbocycles. The first-order valence-corrected chi connectivity index (χ1v) is 9.17. The van der Waals surface area contributed by atoms with E-state index in [1.807, 2.05) is 48.5 Å². The van der Waals surface area contributed by atoms with Gasteiger partial charge in [0.1, 0.15) is 6.61 Å². The molecule has 0 radical (unpaired) electrons. The smallest absolute Gasteiger partial charge is 0.161 e. The van der Waals surface area contributed by atoms with Crippen LogP contribution in [0.4, 0.5) is 4.39 Å². The summed E-state index contributed by atoms with van der Waals surface area (Å²) in [6.07, 6.45) is 0.491. The average molecular weight is 358 g/mol. The van der Waals surface area contributed by atoms with Crippen molar-refractivity contribution in [2.75, 3.05) is 40.0 Å². The zero-order chi connectivity index (χ0) is 18.2. The molecule has 26 heavy (non-hydrogen) atoms. The predicted molar refractivity (Wildman–Crippen MR) is 102 cm³/mol. The molecule has 0 aliphatic carbocycles. The van der Waals surface area contributed by atoms with Gasteiger partial charge in [-0.05, 0) is 29.7 Å². The number of methoxy groups -OCH3 is 1. The molecule has 1 aliphatic rings. The van der Waals surface area contributed by atoms with Crippen molar-refractivity contribution >= 4 is 0 Å². The number of ether oxygens (including phenoxy) is 2. The fourth-order valence-corrected chi connectivity index (χ4v) is 3.41. The summed E-state index contributed by atoms with van der Waals surface area (Å²) in [5, 5.41) is 3.35. The second kappa shape index (κ2) is 9.55. The van der Waals surface area contributed by atoms with Gasteiger partial charge in [-0.15, -0.1) is 0 Å². The van der Waals surface area contributed by atoms with Crippen LogP contribution in [0.2, 0.25) is 0 Å². The van der Waals surface area contributed by atoms with Crippen molar-refractivity contribution in [2.24, 2.45) is 0 Å². The van der Waals surface area contributed by atoms with Crippen LogP contribution in [0, 0.1) is 0 Å². The van der Waals surface area contributed by atoms with Crippen molar-refractivity contribution in [2.45, 2.75) is 19.1 Å². The topological polar surface area (TPSA) is 33.7 Å². The minimum absolute atomic E-state index is 0.0621. The Morgan fingerprint density at radius 2 is 1.85 bits per heavy atom. The molecule has 0 spiro atoms. The SMILES string of the molecule is COc1ccc([C@@H](CCF)N2CCNCC2)cc1OCc1ccccc1. The number of benzene rings is 2. The quantitative estimate of drug-likeness (QED) is 0.782. The predicted octanol–water partition coefficient (Wildman–Crippen LogP) is 3.58. The minimum Gasteiger partial charge on any atom is -0.493 e. The van der Waals surface area contributed by atoms with Crippen LogP contribution in [0.3, 0.4) is 0 Å². The van der Waals surface area contributed by atoms with Gasteiger partial charge in [-0.1, -0.05) is 36.4 Å². The van der Waals surface area contributed by atoms with E-state index in [0.29, 0.717) is 24.5 Å². The Balaban J connectivity index is 1.79. The van der Waals surface area contributed by atoms with Crippen molar-refractivity contribution in [3.8, 4) is 11.5 Å². The molecule has 2 aromatic rings. The van der Waals surface area contributed by atoms with E-state index in [9.17, 15) is 4.39 Å². The average Bonchev–Trinajstić information content (AvgIpc) is 2.71. The largest absolute Gasteiger partial charge is 0.493 e. The summed E-state index contributed by atoms with van der Waals surface area (Å²) in [6.45, 7) is 3.88. The van der Waals surface area contributed by atoms with Gasteiger partial charge in [0, 0.05) is 32.2 Å². The van der Waals surface area contributed by atoms with Gasteiger partial charge in [0.2, 0.25) is 0 Å². The van der Waals surface area contributed by atoms with Gasteiger partial charge in [-0.3, -0.25) is 9.29 Å².